The van der Waals surface area contributed by atoms with Crippen LogP contribution in [0.15, 0.2) is 71.9 Å². The van der Waals surface area contributed by atoms with Crippen LogP contribution in [0.4, 0.5) is 4.39 Å². The van der Waals surface area contributed by atoms with E-state index < -0.39 is 16.0 Å². The second-order valence-corrected chi connectivity index (χ2v) is 8.43. The molecule has 28 heavy (non-hydrogen) atoms. The number of nitrogens with one attached hydrogen (secondary N) is 2. The zero-order valence-electron chi connectivity index (χ0n) is 14.5. The van der Waals surface area contributed by atoms with E-state index in [0.29, 0.717) is 10.5 Å². The van der Waals surface area contributed by atoms with Crippen molar-refractivity contribution in [3.05, 3.63) is 83.4 Å². The lowest BCUT2D eigenvalue weighted by Gasteiger charge is -2.07. The molecule has 0 radical (unpaired) electrons. The van der Waals surface area contributed by atoms with Crippen molar-refractivity contribution < 1.29 is 12.8 Å². The minimum atomic E-state index is -3.70. The van der Waals surface area contributed by atoms with Gasteiger partial charge < -0.3 is 4.98 Å². The van der Waals surface area contributed by atoms with E-state index in [1.807, 2.05) is 24.3 Å². The van der Waals surface area contributed by atoms with Crippen molar-refractivity contribution in [3.8, 4) is 11.1 Å². The van der Waals surface area contributed by atoms with Gasteiger partial charge >= 0.3 is 0 Å². The average molecular weight is 416 g/mol. The number of hydrogen-bond acceptors (Lipinski definition) is 3. The Bertz CT molecular complexity index is 1240. The lowest BCUT2D eigenvalue weighted by atomic mass is 10.1. The Morgan fingerprint density at radius 2 is 1.75 bits per heavy atom. The van der Waals surface area contributed by atoms with Gasteiger partial charge in [-0.05, 0) is 41.5 Å². The molecule has 0 fully saturated rings. The predicted octanol–water partition coefficient (Wildman–Crippen LogP) is 4.50. The van der Waals surface area contributed by atoms with E-state index in [2.05, 4.69) is 14.7 Å². The largest absolute Gasteiger partial charge is 0.344 e. The minimum absolute atomic E-state index is 0.0822. The molecule has 5 nitrogen and oxygen atoms in total. The van der Waals surface area contributed by atoms with E-state index in [0.717, 1.165) is 22.1 Å². The van der Waals surface area contributed by atoms with Gasteiger partial charge in [-0.1, -0.05) is 41.9 Å². The van der Waals surface area contributed by atoms with E-state index >= 15 is 0 Å². The predicted molar refractivity (Wildman–Crippen MR) is 107 cm³/mol. The molecule has 0 unspecified atom stereocenters. The van der Waals surface area contributed by atoms with Crippen LogP contribution in [0.3, 0.4) is 0 Å². The normalized spacial score (nSPS) is 11.8. The van der Waals surface area contributed by atoms with Crippen LogP contribution in [0.2, 0.25) is 5.02 Å². The smallest absolute Gasteiger partial charge is 0.256 e. The number of halogens is 2. The SMILES string of the molecule is O=S(=O)(NCc1ccc(-c2ccc(F)nc2)cc1)c1cc2ccc(Cl)cc2[nH]1. The number of H-pyrrole nitrogens is 1. The minimum Gasteiger partial charge on any atom is -0.344 e. The van der Waals surface area contributed by atoms with Gasteiger partial charge in [0.1, 0.15) is 5.03 Å². The maximum Gasteiger partial charge on any atom is 0.256 e. The molecular weight excluding hydrogens is 401 g/mol. The van der Waals surface area contributed by atoms with E-state index in [4.69, 9.17) is 11.6 Å². The summed E-state index contributed by atoms with van der Waals surface area (Å²) in [6.07, 6.45) is 1.45. The van der Waals surface area contributed by atoms with Gasteiger partial charge in [0.25, 0.3) is 10.0 Å². The number of sulfonamides is 1. The molecule has 0 aliphatic heterocycles. The molecule has 0 atom stereocenters. The van der Waals surface area contributed by atoms with Crippen LogP contribution in [0.1, 0.15) is 5.56 Å². The summed E-state index contributed by atoms with van der Waals surface area (Å²) in [5.74, 6) is -0.533. The lowest BCUT2D eigenvalue weighted by Crippen LogP contribution is -2.23. The second kappa shape index (κ2) is 7.35. The van der Waals surface area contributed by atoms with E-state index in [1.165, 1.54) is 12.3 Å². The van der Waals surface area contributed by atoms with Crippen LogP contribution in [0.25, 0.3) is 22.0 Å². The Labute approximate surface area is 166 Å². The summed E-state index contributed by atoms with van der Waals surface area (Å²) in [4.78, 5) is 6.51. The van der Waals surface area contributed by atoms with Crippen molar-refractivity contribution in [1.82, 2.24) is 14.7 Å². The molecule has 0 bridgehead atoms. The van der Waals surface area contributed by atoms with E-state index in [9.17, 15) is 12.8 Å². The van der Waals surface area contributed by atoms with Crippen molar-refractivity contribution in [3.63, 3.8) is 0 Å². The third-order valence-electron chi connectivity index (χ3n) is 4.33. The summed E-state index contributed by atoms with van der Waals surface area (Å²) in [7, 11) is -3.70. The van der Waals surface area contributed by atoms with Crippen LogP contribution in [-0.4, -0.2) is 18.4 Å². The fourth-order valence-corrected chi connectivity index (χ4v) is 4.05. The van der Waals surface area contributed by atoms with Gasteiger partial charge in [0, 0.05) is 34.2 Å². The molecule has 2 N–H and O–H groups in total. The summed E-state index contributed by atoms with van der Waals surface area (Å²) in [5, 5.41) is 1.38. The summed E-state index contributed by atoms with van der Waals surface area (Å²) in [5.41, 5.74) is 3.10. The Hall–Kier alpha value is -2.74. The Morgan fingerprint density at radius 1 is 1.00 bits per heavy atom. The number of nitrogens with zero attached hydrogens (tertiary/aromatic N) is 1. The topological polar surface area (TPSA) is 74.8 Å². The highest BCUT2D eigenvalue weighted by Crippen LogP contribution is 2.23. The summed E-state index contributed by atoms with van der Waals surface area (Å²) in [6.45, 7) is 0.139. The first-order chi connectivity index (χ1) is 13.4. The first-order valence-corrected chi connectivity index (χ1v) is 10.3. The quantitative estimate of drug-likeness (QED) is 0.471. The monoisotopic (exact) mass is 415 g/mol. The zero-order valence-corrected chi connectivity index (χ0v) is 16.1. The van der Waals surface area contributed by atoms with Crippen molar-refractivity contribution in [1.29, 1.82) is 0 Å². The molecule has 0 saturated heterocycles. The highest BCUT2D eigenvalue weighted by molar-refractivity contribution is 7.89. The molecule has 2 aromatic heterocycles. The van der Waals surface area contributed by atoms with Crippen molar-refractivity contribution >= 4 is 32.5 Å². The molecule has 0 aliphatic rings. The van der Waals surface area contributed by atoms with E-state index in [1.54, 1.807) is 30.3 Å². The Morgan fingerprint density at radius 3 is 2.46 bits per heavy atom. The van der Waals surface area contributed by atoms with Gasteiger partial charge in [0.15, 0.2) is 0 Å². The van der Waals surface area contributed by atoms with Crippen molar-refractivity contribution in [2.24, 2.45) is 0 Å². The molecule has 0 spiro atoms. The van der Waals surface area contributed by atoms with Gasteiger partial charge in [0.05, 0.1) is 0 Å². The van der Waals surface area contributed by atoms with Gasteiger partial charge in [-0.3, -0.25) is 0 Å². The standard InChI is InChI=1S/C20H15ClFN3O2S/c21-17-7-5-15-9-20(25-18(15)10-17)28(26,27)24-11-13-1-3-14(4-2-13)16-6-8-19(22)23-12-16/h1-10,12,24-25H,11H2. The first kappa shape index (κ1) is 18.6. The van der Waals surface area contributed by atoms with Crippen LogP contribution < -0.4 is 4.72 Å². The Balaban J connectivity index is 1.48. The molecule has 2 heterocycles. The number of hydrogen-bond donors (Lipinski definition) is 2. The summed E-state index contributed by atoms with van der Waals surface area (Å²) < 4.78 is 40.6. The molecule has 0 amide bonds. The molecule has 0 aliphatic carbocycles. The van der Waals surface area contributed by atoms with Crippen molar-refractivity contribution in [2.75, 3.05) is 0 Å². The van der Waals surface area contributed by atoms with Crippen LogP contribution in [-0.2, 0) is 16.6 Å². The number of pyridine rings is 1. The number of rotatable bonds is 5. The summed E-state index contributed by atoms with van der Waals surface area (Å²) >= 11 is 5.94. The number of aromatic amines is 1. The Kier molecular flexibility index (Phi) is 4.89. The number of benzene rings is 2. The van der Waals surface area contributed by atoms with E-state index in [-0.39, 0.29) is 11.6 Å². The fraction of sp³-hybridized carbons (Fsp3) is 0.0500. The van der Waals surface area contributed by atoms with Crippen LogP contribution in [0.5, 0.6) is 0 Å². The first-order valence-electron chi connectivity index (χ1n) is 8.39. The van der Waals surface area contributed by atoms with Gasteiger partial charge in [-0.25, -0.2) is 18.1 Å². The fourth-order valence-electron chi connectivity index (χ4n) is 2.84. The molecule has 4 rings (SSSR count). The van der Waals surface area contributed by atoms with Gasteiger partial charge in [-0.15, -0.1) is 0 Å². The molecule has 8 heteroatoms. The third-order valence-corrected chi connectivity index (χ3v) is 5.89. The average Bonchev–Trinajstić information content (AvgIpc) is 3.12. The molecule has 4 aromatic rings. The maximum atomic E-state index is 12.9. The summed E-state index contributed by atoms with van der Waals surface area (Å²) in [6, 6.07) is 17.0. The lowest BCUT2D eigenvalue weighted by molar-refractivity contribution is 0.578. The zero-order chi connectivity index (χ0) is 19.7. The number of fused-ring (bicyclic) bond motifs is 1. The van der Waals surface area contributed by atoms with Gasteiger partial charge in [-0.2, -0.15) is 4.39 Å². The van der Waals surface area contributed by atoms with Crippen molar-refractivity contribution in [2.45, 2.75) is 11.6 Å². The third kappa shape index (κ3) is 3.91. The highest BCUT2D eigenvalue weighted by Gasteiger charge is 2.16. The molecular formula is C20H15ClFN3O2S. The highest BCUT2D eigenvalue weighted by atomic mass is 35.5. The number of aromatic nitrogens is 2. The second-order valence-electron chi connectivity index (χ2n) is 6.26. The molecule has 0 saturated carbocycles. The van der Waals surface area contributed by atoms with Crippen LogP contribution in [0, 0.1) is 5.95 Å². The van der Waals surface area contributed by atoms with Gasteiger partial charge in [0.2, 0.25) is 5.95 Å². The van der Waals surface area contributed by atoms with Crippen LogP contribution >= 0.6 is 11.6 Å². The maximum absolute atomic E-state index is 12.9. The molecule has 142 valence electrons. The molecule has 2 aromatic carbocycles.